The second-order valence-electron chi connectivity index (χ2n) is 6.15. The Balaban J connectivity index is 1.79. The second-order valence-corrected chi connectivity index (χ2v) is 7.30. The lowest BCUT2D eigenvalue weighted by molar-refractivity contribution is 0.0662. The number of carbonyl (C=O) groups is 1. The van der Waals surface area contributed by atoms with Gasteiger partial charge < -0.3 is 14.5 Å². The number of thioether (sulfide) groups is 1. The van der Waals surface area contributed by atoms with Gasteiger partial charge in [0.25, 0.3) is 5.91 Å². The number of likely N-dealkylation sites (tertiary alicyclic amines) is 1. The summed E-state index contributed by atoms with van der Waals surface area (Å²) in [5, 5.41) is 0. The van der Waals surface area contributed by atoms with Crippen molar-refractivity contribution in [2.45, 2.75) is 25.3 Å². The van der Waals surface area contributed by atoms with Crippen LogP contribution in [0.5, 0.6) is 5.88 Å². The fourth-order valence-corrected chi connectivity index (χ4v) is 4.44. The molecule has 0 radical (unpaired) electrons. The maximum atomic E-state index is 13.1. The molecule has 2 saturated heterocycles. The van der Waals surface area contributed by atoms with Crippen molar-refractivity contribution in [2.24, 2.45) is 0 Å². The molecule has 0 spiro atoms. The molecular formula is C17H25N3O2S. The zero-order valence-electron chi connectivity index (χ0n) is 13.7. The number of amides is 1. The van der Waals surface area contributed by atoms with Crippen LogP contribution in [0.4, 0.5) is 0 Å². The third-order valence-electron chi connectivity index (χ3n) is 4.56. The molecule has 1 amide bonds. The average Bonchev–Trinajstić information content (AvgIpc) is 2.99. The monoisotopic (exact) mass is 335 g/mol. The third kappa shape index (κ3) is 3.98. The zero-order valence-corrected chi connectivity index (χ0v) is 14.6. The largest absolute Gasteiger partial charge is 0.480 e. The summed E-state index contributed by atoms with van der Waals surface area (Å²) in [6, 6.07) is 3.90. The lowest BCUT2D eigenvalue weighted by atomic mass is 10.1. The van der Waals surface area contributed by atoms with Gasteiger partial charge in [-0.3, -0.25) is 4.79 Å². The van der Waals surface area contributed by atoms with Crippen molar-refractivity contribution >= 4 is 17.7 Å². The Bertz CT molecular complexity index is 534. The third-order valence-corrected chi connectivity index (χ3v) is 5.76. The highest BCUT2D eigenvalue weighted by atomic mass is 32.2. The number of methoxy groups -OCH3 is 1. The van der Waals surface area contributed by atoms with Gasteiger partial charge in [0.05, 0.1) is 13.2 Å². The number of nitrogens with zero attached hydrogens (tertiary/aromatic N) is 3. The summed E-state index contributed by atoms with van der Waals surface area (Å²) in [6.45, 7) is 4.14. The summed E-state index contributed by atoms with van der Waals surface area (Å²) < 4.78 is 5.28. The number of hydrogen-bond acceptors (Lipinski definition) is 5. The topological polar surface area (TPSA) is 45.7 Å². The molecule has 3 heterocycles. The molecule has 2 aliphatic heterocycles. The van der Waals surface area contributed by atoms with Gasteiger partial charge in [0.15, 0.2) is 0 Å². The highest BCUT2D eigenvalue weighted by Gasteiger charge is 2.30. The first-order valence-electron chi connectivity index (χ1n) is 8.39. The molecule has 1 atom stereocenters. The number of pyridine rings is 1. The molecule has 3 rings (SSSR count). The summed E-state index contributed by atoms with van der Waals surface area (Å²) in [5.41, 5.74) is 0.577. The van der Waals surface area contributed by atoms with E-state index in [0.717, 1.165) is 31.0 Å². The molecule has 0 saturated carbocycles. The normalized spacial score (nSPS) is 22.8. The molecule has 126 valence electrons. The molecule has 2 aliphatic rings. The van der Waals surface area contributed by atoms with Gasteiger partial charge in [-0.05, 0) is 50.2 Å². The minimum Gasteiger partial charge on any atom is -0.480 e. The van der Waals surface area contributed by atoms with Crippen molar-refractivity contribution < 1.29 is 9.53 Å². The quantitative estimate of drug-likeness (QED) is 0.843. The molecule has 0 aromatic carbocycles. The van der Waals surface area contributed by atoms with E-state index in [9.17, 15) is 4.79 Å². The van der Waals surface area contributed by atoms with Crippen LogP contribution in [0, 0.1) is 0 Å². The Kier molecular flexibility index (Phi) is 5.78. The highest BCUT2D eigenvalue weighted by Crippen LogP contribution is 2.23. The van der Waals surface area contributed by atoms with E-state index >= 15 is 0 Å². The SMILES string of the molecule is COc1ncccc1C(=O)N1CCCSCC1CN1CCCC1. The predicted molar refractivity (Wildman–Crippen MR) is 93.2 cm³/mol. The van der Waals surface area contributed by atoms with Crippen LogP contribution >= 0.6 is 11.8 Å². The molecule has 1 aromatic rings. The van der Waals surface area contributed by atoms with Crippen LogP contribution in [-0.2, 0) is 0 Å². The number of rotatable bonds is 4. The smallest absolute Gasteiger partial charge is 0.259 e. The Morgan fingerprint density at radius 1 is 1.35 bits per heavy atom. The Morgan fingerprint density at radius 2 is 2.17 bits per heavy atom. The summed E-state index contributed by atoms with van der Waals surface area (Å²) in [6.07, 6.45) is 5.28. The average molecular weight is 335 g/mol. The van der Waals surface area contributed by atoms with Crippen molar-refractivity contribution in [3.63, 3.8) is 0 Å². The molecule has 0 bridgehead atoms. The summed E-state index contributed by atoms with van der Waals surface area (Å²) in [7, 11) is 1.57. The van der Waals surface area contributed by atoms with E-state index in [2.05, 4.69) is 14.8 Å². The molecule has 0 aliphatic carbocycles. The van der Waals surface area contributed by atoms with Crippen LogP contribution in [-0.4, -0.2) is 71.5 Å². The van der Waals surface area contributed by atoms with Crippen LogP contribution in [0.15, 0.2) is 18.3 Å². The van der Waals surface area contributed by atoms with Gasteiger partial charge in [0, 0.05) is 25.0 Å². The van der Waals surface area contributed by atoms with Crippen LogP contribution in [0.1, 0.15) is 29.6 Å². The van der Waals surface area contributed by atoms with Crippen molar-refractivity contribution in [3.8, 4) is 5.88 Å². The minimum atomic E-state index is 0.0571. The van der Waals surface area contributed by atoms with Gasteiger partial charge in [-0.25, -0.2) is 4.98 Å². The lowest BCUT2D eigenvalue weighted by Gasteiger charge is -2.33. The summed E-state index contributed by atoms with van der Waals surface area (Å²) >= 11 is 1.97. The highest BCUT2D eigenvalue weighted by molar-refractivity contribution is 7.99. The lowest BCUT2D eigenvalue weighted by Crippen LogP contribution is -2.47. The Labute approximate surface area is 142 Å². The van der Waals surface area contributed by atoms with E-state index in [1.807, 2.05) is 17.8 Å². The van der Waals surface area contributed by atoms with E-state index in [0.29, 0.717) is 11.4 Å². The van der Waals surface area contributed by atoms with Crippen molar-refractivity contribution in [2.75, 3.05) is 44.8 Å². The zero-order chi connectivity index (χ0) is 16.1. The van der Waals surface area contributed by atoms with Crippen LogP contribution < -0.4 is 4.74 Å². The maximum Gasteiger partial charge on any atom is 0.259 e. The van der Waals surface area contributed by atoms with Gasteiger partial charge in [0.2, 0.25) is 5.88 Å². The Morgan fingerprint density at radius 3 is 2.96 bits per heavy atom. The molecule has 23 heavy (non-hydrogen) atoms. The number of hydrogen-bond donors (Lipinski definition) is 0. The van der Waals surface area contributed by atoms with Gasteiger partial charge >= 0.3 is 0 Å². The minimum absolute atomic E-state index is 0.0571. The molecule has 0 N–H and O–H groups in total. The van der Waals surface area contributed by atoms with E-state index in [1.54, 1.807) is 19.4 Å². The van der Waals surface area contributed by atoms with Gasteiger partial charge in [0.1, 0.15) is 5.56 Å². The molecule has 5 nitrogen and oxygen atoms in total. The fraction of sp³-hybridized carbons (Fsp3) is 0.647. The molecule has 1 unspecified atom stereocenters. The predicted octanol–water partition coefficient (Wildman–Crippen LogP) is 2.13. The van der Waals surface area contributed by atoms with Gasteiger partial charge in [-0.2, -0.15) is 11.8 Å². The first-order chi connectivity index (χ1) is 11.3. The number of aromatic nitrogens is 1. The van der Waals surface area contributed by atoms with E-state index in [-0.39, 0.29) is 11.9 Å². The molecule has 1 aromatic heterocycles. The molecule has 2 fully saturated rings. The van der Waals surface area contributed by atoms with Crippen LogP contribution in [0.25, 0.3) is 0 Å². The standard InChI is InChI=1S/C17H25N3O2S/c1-22-16-15(6-4-7-18-16)17(21)20-10-5-11-23-13-14(20)12-19-8-2-3-9-19/h4,6-7,14H,2-3,5,8-13H2,1H3. The molecular weight excluding hydrogens is 310 g/mol. The first kappa shape index (κ1) is 16.6. The summed E-state index contributed by atoms with van der Waals surface area (Å²) in [4.78, 5) is 21.8. The van der Waals surface area contributed by atoms with Gasteiger partial charge in [-0.1, -0.05) is 0 Å². The maximum absolute atomic E-state index is 13.1. The second kappa shape index (κ2) is 8.02. The van der Waals surface area contributed by atoms with E-state index in [1.165, 1.54) is 25.9 Å². The first-order valence-corrected chi connectivity index (χ1v) is 9.55. The van der Waals surface area contributed by atoms with Crippen molar-refractivity contribution in [1.82, 2.24) is 14.8 Å². The van der Waals surface area contributed by atoms with Crippen molar-refractivity contribution in [3.05, 3.63) is 23.9 Å². The van der Waals surface area contributed by atoms with E-state index in [4.69, 9.17) is 4.74 Å². The Hall–Kier alpha value is -1.27. The number of ether oxygens (including phenoxy) is 1. The fourth-order valence-electron chi connectivity index (χ4n) is 3.38. The molecule has 6 heteroatoms. The number of carbonyl (C=O) groups excluding carboxylic acids is 1. The van der Waals surface area contributed by atoms with Crippen LogP contribution in [0.2, 0.25) is 0 Å². The van der Waals surface area contributed by atoms with Crippen molar-refractivity contribution in [1.29, 1.82) is 0 Å². The van der Waals surface area contributed by atoms with Crippen LogP contribution in [0.3, 0.4) is 0 Å². The summed E-state index contributed by atoms with van der Waals surface area (Å²) in [5.74, 6) is 2.63. The van der Waals surface area contributed by atoms with E-state index < -0.39 is 0 Å². The van der Waals surface area contributed by atoms with Gasteiger partial charge in [-0.15, -0.1) is 0 Å².